The smallest absolute Gasteiger partial charge is 0.221 e. The lowest BCUT2D eigenvalue weighted by molar-refractivity contribution is -0.120. The lowest BCUT2D eigenvalue weighted by Gasteiger charge is -2.41. The van der Waals surface area contributed by atoms with E-state index in [1.807, 2.05) is 30.3 Å². The van der Waals surface area contributed by atoms with Gasteiger partial charge < -0.3 is 15.0 Å². The molecule has 2 atom stereocenters. The van der Waals surface area contributed by atoms with Crippen LogP contribution in [-0.4, -0.2) is 61.1 Å². The van der Waals surface area contributed by atoms with Gasteiger partial charge in [0.1, 0.15) is 35.6 Å². The molecule has 2 unspecified atom stereocenters. The van der Waals surface area contributed by atoms with Crippen LogP contribution in [0.5, 0.6) is 5.75 Å². The first-order chi connectivity index (χ1) is 16.5. The van der Waals surface area contributed by atoms with Crippen molar-refractivity contribution in [3.8, 4) is 5.75 Å². The Kier molecular flexibility index (Phi) is 6.08. The molecule has 34 heavy (non-hydrogen) atoms. The molecule has 1 saturated heterocycles. The molecule has 1 fully saturated rings. The third-order valence-corrected chi connectivity index (χ3v) is 7.13. The molecule has 5 rings (SSSR count). The van der Waals surface area contributed by atoms with Crippen LogP contribution in [0.25, 0.3) is 0 Å². The Balaban J connectivity index is 1.50. The number of anilines is 1. The van der Waals surface area contributed by atoms with E-state index < -0.39 is 5.41 Å². The Labute approximate surface area is 198 Å². The van der Waals surface area contributed by atoms with Crippen LogP contribution in [0.4, 0.5) is 10.1 Å². The zero-order valence-electron chi connectivity index (χ0n) is 19.3. The van der Waals surface area contributed by atoms with Gasteiger partial charge in [0, 0.05) is 39.0 Å². The predicted molar refractivity (Wildman–Crippen MR) is 128 cm³/mol. The molecule has 0 bridgehead atoms. The molecular formula is C26H29FN4O3. The SMILES string of the molecule is CC(=O)C1=NN2c3cc(F)ccc3OCC2C1(CCCN1CCNC(=O)CC1)c1ccccc1. The molecule has 0 aromatic heterocycles. The first-order valence-corrected chi connectivity index (χ1v) is 11.9. The number of ether oxygens (including phenoxy) is 1. The number of benzene rings is 2. The topological polar surface area (TPSA) is 74.2 Å². The number of Topliss-reactive ketones (excluding diaryl/α,β-unsaturated/α-hetero) is 1. The van der Waals surface area contributed by atoms with Crippen LogP contribution >= 0.6 is 0 Å². The predicted octanol–water partition coefficient (Wildman–Crippen LogP) is 2.89. The van der Waals surface area contributed by atoms with E-state index in [4.69, 9.17) is 9.84 Å². The summed E-state index contributed by atoms with van der Waals surface area (Å²) in [7, 11) is 0. The van der Waals surface area contributed by atoms with Crippen LogP contribution < -0.4 is 15.1 Å². The van der Waals surface area contributed by atoms with Gasteiger partial charge in [-0.2, -0.15) is 5.10 Å². The summed E-state index contributed by atoms with van der Waals surface area (Å²) in [6, 6.07) is 14.1. The number of fused-ring (bicyclic) bond motifs is 3. The highest BCUT2D eigenvalue weighted by Gasteiger charge is 2.55. The summed E-state index contributed by atoms with van der Waals surface area (Å²) in [5.41, 5.74) is 1.35. The largest absolute Gasteiger partial charge is 0.489 e. The molecular weight excluding hydrogens is 435 g/mol. The molecule has 3 aliphatic rings. The van der Waals surface area contributed by atoms with Crippen molar-refractivity contribution < 1.29 is 18.7 Å². The van der Waals surface area contributed by atoms with Crippen LogP contribution in [0.1, 0.15) is 31.7 Å². The molecule has 3 aliphatic heterocycles. The average Bonchev–Trinajstić information content (AvgIpc) is 3.05. The fourth-order valence-electron chi connectivity index (χ4n) is 5.53. The molecule has 1 N–H and O–H groups in total. The van der Waals surface area contributed by atoms with E-state index in [2.05, 4.69) is 10.2 Å². The number of nitrogens with zero attached hydrogens (tertiary/aromatic N) is 3. The van der Waals surface area contributed by atoms with Crippen LogP contribution in [0.15, 0.2) is 53.6 Å². The minimum atomic E-state index is -0.684. The van der Waals surface area contributed by atoms with Crippen molar-refractivity contribution in [1.29, 1.82) is 0 Å². The Morgan fingerprint density at radius 3 is 2.85 bits per heavy atom. The Bertz CT molecular complexity index is 1120. The number of ketones is 1. The second-order valence-corrected chi connectivity index (χ2v) is 9.17. The van der Waals surface area contributed by atoms with Gasteiger partial charge in [-0.15, -0.1) is 0 Å². The van der Waals surface area contributed by atoms with E-state index >= 15 is 0 Å². The molecule has 0 saturated carbocycles. The molecule has 2 aromatic rings. The summed E-state index contributed by atoms with van der Waals surface area (Å²) in [6.07, 6.45) is 1.99. The summed E-state index contributed by atoms with van der Waals surface area (Å²) in [4.78, 5) is 27.0. The number of rotatable bonds is 6. The van der Waals surface area contributed by atoms with E-state index in [0.29, 0.717) is 43.1 Å². The summed E-state index contributed by atoms with van der Waals surface area (Å²) in [5.74, 6) is 0.186. The number of carbonyl (C=O) groups is 2. The standard InChI is InChI=1S/C26H29FN4O3/c1-18(32)25-26(19-6-3-2-4-7-19,11-5-13-30-14-10-24(33)28-12-15-30)23-17-34-22-9-8-20(27)16-21(22)31(23)29-25/h2-4,6-9,16,23H,5,10-15,17H2,1H3,(H,28,33). The number of halogens is 1. The van der Waals surface area contributed by atoms with E-state index in [0.717, 1.165) is 31.6 Å². The monoisotopic (exact) mass is 464 g/mol. The first kappa shape index (κ1) is 22.5. The highest BCUT2D eigenvalue weighted by atomic mass is 19.1. The van der Waals surface area contributed by atoms with Crippen molar-refractivity contribution in [1.82, 2.24) is 10.2 Å². The number of hydrazone groups is 1. The maximum Gasteiger partial charge on any atom is 0.221 e. The second kappa shape index (κ2) is 9.18. The van der Waals surface area contributed by atoms with Crippen molar-refractivity contribution in [3.05, 3.63) is 59.9 Å². The van der Waals surface area contributed by atoms with E-state index in [1.165, 1.54) is 12.1 Å². The van der Waals surface area contributed by atoms with Gasteiger partial charge in [0.25, 0.3) is 0 Å². The van der Waals surface area contributed by atoms with Gasteiger partial charge >= 0.3 is 0 Å². The van der Waals surface area contributed by atoms with Gasteiger partial charge in [-0.05, 0) is 37.1 Å². The lowest BCUT2D eigenvalue weighted by atomic mass is 9.67. The van der Waals surface area contributed by atoms with Gasteiger partial charge in [0.2, 0.25) is 5.91 Å². The summed E-state index contributed by atoms with van der Waals surface area (Å²) < 4.78 is 20.2. The zero-order chi connectivity index (χ0) is 23.7. The van der Waals surface area contributed by atoms with E-state index in [9.17, 15) is 14.0 Å². The third kappa shape index (κ3) is 3.96. The van der Waals surface area contributed by atoms with Crippen molar-refractivity contribution in [2.24, 2.45) is 5.10 Å². The fraction of sp³-hybridized carbons (Fsp3) is 0.423. The molecule has 2 aromatic carbocycles. The van der Waals surface area contributed by atoms with Gasteiger partial charge in [0.15, 0.2) is 5.78 Å². The molecule has 8 heteroatoms. The third-order valence-electron chi connectivity index (χ3n) is 7.13. The van der Waals surface area contributed by atoms with Crippen LogP contribution in [0.2, 0.25) is 0 Å². The molecule has 7 nitrogen and oxygen atoms in total. The Morgan fingerprint density at radius 1 is 1.24 bits per heavy atom. The van der Waals surface area contributed by atoms with Crippen LogP contribution in [-0.2, 0) is 15.0 Å². The molecule has 3 heterocycles. The molecule has 0 spiro atoms. The second-order valence-electron chi connectivity index (χ2n) is 9.17. The van der Waals surface area contributed by atoms with E-state index in [-0.39, 0.29) is 23.5 Å². The summed E-state index contributed by atoms with van der Waals surface area (Å²) in [5, 5.41) is 9.50. The van der Waals surface area contributed by atoms with Crippen molar-refractivity contribution in [3.63, 3.8) is 0 Å². The number of amides is 1. The van der Waals surface area contributed by atoms with Gasteiger partial charge in [0.05, 0.1) is 5.41 Å². The van der Waals surface area contributed by atoms with Gasteiger partial charge in [-0.3, -0.25) is 14.6 Å². The first-order valence-electron chi connectivity index (χ1n) is 11.9. The maximum absolute atomic E-state index is 14.2. The summed E-state index contributed by atoms with van der Waals surface area (Å²) in [6.45, 7) is 4.89. The molecule has 1 amide bonds. The Hall–Kier alpha value is -3.26. The van der Waals surface area contributed by atoms with Crippen molar-refractivity contribution in [2.45, 2.75) is 37.6 Å². The maximum atomic E-state index is 14.2. The normalized spacial score (nSPS) is 24.4. The zero-order valence-corrected chi connectivity index (χ0v) is 19.3. The molecule has 0 radical (unpaired) electrons. The molecule has 178 valence electrons. The van der Waals surface area contributed by atoms with Crippen molar-refractivity contribution >= 4 is 23.1 Å². The number of hydrogen-bond acceptors (Lipinski definition) is 6. The minimum absolute atomic E-state index is 0.0888. The summed E-state index contributed by atoms with van der Waals surface area (Å²) >= 11 is 0. The van der Waals surface area contributed by atoms with Gasteiger partial charge in [-0.1, -0.05) is 30.3 Å². The van der Waals surface area contributed by atoms with Crippen LogP contribution in [0, 0.1) is 5.82 Å². The number of hydrogen-bond donors (Lipinski definition) is 1. The number of carbonyl (C=O) groups excluding carboxylic acids is 2. The Morgan fingerprint density at radius 2 is 2.06 bits per heavy atom. The average molecular weight is 465 g/mol. The lowest BCUT2D eigenvalue weighted by Crippen LogP contribution is -2.54. The van der Waals surface area contributed by atoms with Crippen molar-refractivity contribution in [2.75, 3.05) is 37.8 Å². The van der Waals surface area contributed by atoms with Crippen LogP contribution in [0.3, 0.4) is 0 Å². The quantitative estimate of drug-likeness (QED) is 0.712. The highest BCUT2D eigenvalue weighted by molar-refractivity contribution is 6.43. The van der Waals surface area contributed by atoms with E-state index in [1.54, 1.807) is 18.0 Å². The number of nitrogens with one attached hydrogen (secondary N) is 1. The van der Waals surface area contributed by atoms with Gasteiger partial charge in [-0.25, -0.2) is 4.39 Å². The fourth-order valence-corrected chi connectivity index (χ4v) is 5.53. The highest BCUT2D eigenvalue weighted by Crippen LogP contribution is 2.48. The molecule has 0 aliphatic carbocycles. The minimum Gasteiger partial charge on any atom is -0.489 e.